The van der Waals surface area contributed by atoms with Crippen molar-refractivity contribution in [2.45, 2.75) is 32.4 Å². The normalized spacial score (nSPS) is 17.3. The van der Waals surface area contributed by atoms with E-state index in [1.165, 1.54) is 0 Å². The molecule has 2 rings (SSSR count). The molecule has 1 aromatic rings. The van der Waals surface area contributed by atoms with Gasteiger partial charge in [-0.2, -0.15) is 0 Å². The molecule has 1 aliphatic rings. The number of aliphatic carboxylic acids is 1. The van der Waals surface area contributed by atoms with Crippen LogP contribution in [-0.2, 0) is 11.3 Å². The molecule has 0 bridgehead atoms. The fraction of sp³-hybridized carbons (Fsp3) is 0.600. The molecule has 5 nitrogen and oxygen atoms in total. The first kappa shape index (κ1) is 16.2. The molecule has 1 N–H and O–H groups in total. The summed E-state index contributed by atoms with van der Waals surface area (Å²) >= 11 is 6.14. The lowest BCUT2D eigenvalue weighted by Gasteiger charge is -2.37. The van der Waals surface area contributed by atoms with Crippen LogP contribution in [0.15, 0.2) is 18.5 Å². The second-order valence-electron chi connectivity index (χ2n) is 5.43. The number of rotatable bonds is 6. The van der Waals surface area contributed by atoms with Crippen molar-refractivity contribution in [3.63, 3.8) is 0 Å². The summed E-state index contributed by atoms with van der Waals surface area (Å²) in [6, 6.07) is 2.33. The lowest BCUT2D eigenvalue weighted by atomic mass is 10.0. The molecule has 0 saturated carbocycles. The molecule has 116 valence electrons. The van der Waals surface area contributed by atoms with Gasteiger partial charge in [-0.1, -0.05) is 18.5 Å². The molecule has 1 aliphatic heterocycles. The molecule has 0 aliphatic carbocycles. The molecule has 0 spiro atoms. The Morgan fingerprint density at radius 2 is 2.24 bits per heavy atom. The lowest BCUT2D eigenvalue weighted by molar-refractivity contribution is -0.139. The zero-order valence-electron chi connectivity index (χ0n) is 12.3. The van der Waals surface area contributed by atoms with Gasteiger partial charge in [0.1, 0.15) is 0 Å². The SMILES string of the molecule is CCN(CC(=O)O)C1CCN(Cc2ccncc2Cl)CC1. The first-order chi connectivity index (χ1) is 10.1. The predicted octanol–water partition coefficient (Wildman–Crippen LogP) is 2.11. The Balaban J connectivity index is 1.85. The van der Waals surface area contributed by atoms with Crippen LogP contribution < -0.4 is 0 Å². The number of hydrogen-bond acceptors (Lipinski definition) is 4. The summed E-state index contributed by atoms with van der Waals surface area (Å²) in [5.41, 5.74) is 1.10. The van der Waals surface area contributed by atoms with Crippen LogP contribution in [0.2, 0.25) is 5.02 Å². The highest BCUT2D eigenvalue weighted by atomic mass is 35.5. The summed E-state index contributed by atoms with van der Waals surface area (Å²) in [5.74, 6) is -0.747. The van der Waals surface area contributed by atoms with Crippen LogP contribution in [0.5, 0.6) is 0 Å². The molecule has 0 atom stereocenters. The van der Waals surface area contributed by atoms with Crippen LogP contribution in [0.3, 0.4) is 0 Å². The molecule has 2 heterocycles. The van der Waals surface area contributed by atoms with Gasteiger partial charge in [0.15, 0.2) is 0 Å². The van der Waals surface area contributed by atoms with Gasteiger partial charge in [0.2, 0.25) is 0 Å². The summed E-state index contributed by atoms with van der Waals surface area (Å²) in [6.45, 7) is 5.72. The quantitative estimate of drug-likeness (QED) is 0.872. The minimum Gasteiger partial charge on any atom is -0.480 e. The van der Waals surface area contributed by atoms with Crippen LogP contribution in [-0.4, -0.2) is 58.1 Å². The van der Waals surface area contributed by atoms with E-state index in [0.717, 1.165) is 44.6 Å². The van der Waals surface area contributed by atoms with Crippen molar-refractivity contribution in [2.75, 3.05) is 26.2 Å². The van der Waals surface area contributed by atoms with E-state index in [1.807, 2.05) is 13.0 Å². The monoisotopic (exact) mass is 311 g/mol. The van der Waals surface area contributed by atoms with Crippen LogP contribution >= 0.6 is 11.6 Å². The summed E-state index contributed by atoms with van der Waals surface area (Å²) in [7, 11) is 0. The fourth-order valence-corrected chi connectivity index (χ4v) is 3.07. The number of halogens is 1. The zero-order chi connectivity index (χ0) is 15.2. The number of likely N-dealkylation sites (tertiary alicyclic amines) is 1. The maximum Gasteiger partial charge on any atom is 0.317 e. The van der Waals surface area contributed by atoms with Gasteiger partial charge >= 0.3 is 5.97 Å². The molecule has 6 heteroatoms. The Morgan fingerprint density at radius 1 is 1.52 bits per heavy atom. The van der Waals surface area contributed by atoms with Gasteiger partial charge in [-0.15, -0.1) is 0 Å². The summed E-state index contributed by atoms with van der Waals surface area (Å²) in [5, 5.41) is 9.66. The molecule has 21 heavy (non-hydrogen) atoms. The van der Waals surface area contributed by atoms with Crippen LogP contribution in [0.25, 0.3) is 0 Å². The molecule has 1 aromatic heterocycles. The second-order valence-corrected chi connectivity index (χ2v) is 5.84. The molecule has 1 saturated heterocycles. The van der Waals surface area contributed by atoms with Crippen molar-refractivity contribution in [1.82, 2.24) is 14.8 Å². The van der Waals surface area contributed by atoms with Gasteiger partial charge in [0, 0.05) is 25.0 Å². The Labute approximate surface area is 130 Å². The average Bonchev–Trinajstić information content (AvgIpc) is 2.48. The molecule has 0 radical (unpaired) electrons. The minimum absolute atomic E-state index is 0.136. The standard InChI is InChI=1S/C15H22ClN3O2/c1-2-19(11-15(20)21)13-4-7-18(8-5-13)10-12-3-6-17-9-14(12)16/h3,6,9,13H,2,4-5,7-8,10-11H2,1H3,(H,20,21). The summed E-state index contributed by atoms with van der Waals surface area (Å²) in [6.07, 6.45) is 5.45. The third-order valence-electron chi connectivity index (χ3n) is 4.07. The third kappa shape index (κ3) is 4.66. The highest BCUT2D eigenvalue weighted by Gasteiger charge is 2.25. The van der Waals surface area contributed by atoms with Crippen LogP contribution in [0.4, 0.5) is 0 Å². The number of nitrogens with zero attached hydrogens (tertiary/aromatic N) is 3. The van der Waals surface area contributed by atoms with Crippen molar-refractivity contribution >= 4 is 17.6 Å². The van der Waals surface area contributed by atoms with E-state index in [4.69, 9.17) is 16.7 Å². The zero-order valence-corrected chi connectivity index (χ0v) is 13.1. The Bertz CT molecular complexity index is 476. The number of aromatic nitrogens is 1. The topological polar surface area (TPSA) is 56.7 Å². The van der Waals surface area contributed by atoms with E-state index in [1.54, 1.807) is 12.4 Å². The number of carboxylic acids is 1. The molecule has 0 aromatic carbocycles. The average molecular weight is 312 g/mol. The number of hydrogen-bond donors (Lipinski definition) is 1. The van der Waals surface area contributed by atoms with E-state index in [2.05, 4.69) is 14.8 Å². The Morgan fingerprint density at radius 3 is 2.81 bits per heavy atom. The Hall–Kier alpha value is -1.17. The molecule has 1 fully saturated rings. The number of carbonyl (C=O) groups is 1. The molecular weight excluding hydrogens is 290 g/mol. The van der Waals surface area contributed by atoms with Gasteiger partial charge < -0.3 is 5.11 Å². The first-order valence-electron chi connectivity index (χ1n) is 7.36. The van der Waals surface area contributed by atoms with E-state index in [0.29, 0.717) is 11.1 Å². The van der Waals surface area contributed by atoms with Crippen molar-refractivity contribution in [3.8, 4) is 0 Å². The Kier molecular flexibility index (Phi) is 5.96. The van der Waals surface area contributed by atoms with Gasteiger partial charge in [-0.05, 0) is 44.1 Å². The largest absolute Gasteiger partial charge is 0.480 e. The lowest BCUT2D eigenvalue weighted by Crippen LogP contribution is -2.46. The summed E-state index contributed by atoms with van der Waals surface area (Å²) in [4.78, 5) is 19.3. The highest BCUT2D eigenvalue weighted by Crippen LogP contribution is 2.21. The van der Waals surface area contributed by atoms with Crippen molar-refractivity contribution in [3.05, 3.63) is 29.0 Å². The second kappa shape index (κ2) is 7.73. The third-order valence-corrected chi connectivity index (χ3v) is 4.41. The van der Waals surface area contributed by atoms with Crippen LogP contribution in [0.1, 0.15) is 25.3 Å². The minimum atomic E-state index is -0.747. The van der Waals surface area contributed by atoms with E-state index < -0.39 is 5.97 Å². The predicted molar refractivity (Wildman–Crippen MR) is 82.4 cm³/mol. The number of pyridine rings is 1. The van der Waals surface area contributed by atoms with Gasteiger partial charge in [-0.25, -0.2) is 0 Å². The first-order valence-corrected chi connectivity index (χ1v) is 7.74. The maximum absolute atomic E-state index is 10.9. The highest BCUT2D eigenvalue weighted by molar-refractivity contribution is 6.31. The molecule has 0 amide bonds. The maximum atomic E-state index is 10.9. The van der Waals surface area contributed by atoms with Crippen molar-refractivity contribution in [1.29, 1.82) is 0 Å². The van der Waals surface area contributed by atoms with Crippen molar-refractivity contribution in [2.24, 2.45) is 0 Å². The fourth-order valence-electron chi connectivity index (χ4n) is 2.89. The van der Waals surface area contributed by atoms with E-state index >= 15 is 0 Å². The number of likely N-dealkylation sites (N-methyl/N-ethyl adjacent to an activating group) is 1. The van der Waals surface area contributed by atoms with Gasteiger partial charge in [0.05, 0.1) is 11.6 Å². The molecule has 0 unspecified atom stereocenters. The number of carboxylic acid groups (broad SMARTS) is 1. The summed E-state index contributed by atoms with van der Waals surface area (Å²) < 4.78 is 0. The number of piperidine rings is 1. The van der Waals surface area contributed by atoms with E-state index in [9.17, 15) is 4.79 Å². The van der Waals surface area contributed by atoms with Crippen LogP contribution in [0, 0.1) is 0 Å². The van der Waals surface area contributed by atoms with E-state index in [-0.39, 0.29) is 6.54 Å². The molecular formula is C15H22ClN3O2. The van der Waals surface area contributed by atoms with Gasteiger partial charge in [0.25, 0.3) is 0 Å². The smallest absolute Gasteiger partial charge is 0.317 e. The van der Waals surface area contributed by atoms with Gasteiger partial charge in [-0.3, -0.25) is 19.6 Å². The van der Waals surface area contributed by atoms with Crippen molar-refractivity contribution < 1.29 is 9.90 Å².